The summed E-state index contributed by atoms with van der Waals surface area (Å²) in [4.78, 5) is 7.34. The number of halogens is 1. The van der Waals surface area contributed by atoms with Crippen LogP contribution in [0.15, 0.2) is 71.6 Å². The molecule has 6 heteroatoms. The summed E-state index contributed by atoms with van der Waals surface area (Å²) in [6.07, 6.45) is 6.44. The van der Waals surface area contributed by atoms with Crippen molar-refractivity contribution in [2.45, 2.75) is 13.0 Å². The molecule has 4 N–H and O–H groups in total. The number of hydrogen-bond acceptors (Lipinski definition) is 4. The number of aliphatic hydroxyl groups is 1. The van der Waals surface area contributed by atoms with Crippen molar-refractivity contribution >= 4 is 43.9 Å². The number of aromatic amines is 1. The Hall–Kier alpha value is -2.83. The van der Waals surface area contributed by atoms with Gasteiger partial charge in [0.15, 0.2) is 0 Å². The molecule has 0 spiro atoms. The second kappa shape index (κ2) is 8.46. The number of rotatable bonds is 7. The van der Waals surface area contributed by atoms with Crippen molar-refractivity contribution in [2.24, 2.45) is 0 Å². The summed E-state index contributed by atoms with van der Waals surface area (Å²) in [5.41, 5.74) is 6.03. The maximum atomic E-state index is 9.81. The molecule has 5 nitrogen and oxygen atoms in total. The van der Waals surface area contributed by atoms with Crippen molar-refractivity contribution in [1.29, 1.82) is 0 Å². The molecule has 2 aromatic carbocycles. The molecule has 0 aliphatic heterocycles. The lowest BCUT2D eigenvalue weighted by molar-refractivity contribution is 0.282. The number of pyridine rings is 1. The molecule has 0 radical (unpaired) electrons. The highest BCUT2D eigenvalue weighted by Crippen LogP contribution is 2.32. The van der Waals surface area contributed by atoms with Crippen LogP contribution in [0.1, 0.15) is 11.1 Å². The summed E-state index contributed by atoms with van der Waals surface area (Å²) in [5.74, 6) is 0. The first-order valence-corrected chi connectivity index (χ1v) is 9.93. The fraction of sp³-hybridized carbons (Fsp3) is 0.136. The van der Waals surface area contributed by atoms with Gasteiger partial charge < -0.3 is 20.7 Å². The predicted octanol–water partition coefficient (Wildman–Crippen LogP) is 5.22. The summed E-state index contributed by atoms with van der Waals surface area (Å²) in [6, 6.07) is 16.1. The van der Waals surface area contributed by atoms with E-state index in [0.29, 0.717) is 0 Å². The van der Waals surface area contributed by atoms with E-state index < -0.39 is 0 Å². The lowest BCUT2D eigenvalue weighted by Gasteiger charge is -2.15. The van der Waals surface area contributed by atoms with Gasteiger partial charge in [0.25, 0.3) is 0 Å². The minimum Gasteiger partial charge on any atom is -0.392 e. The van der Waals surface area contributed by atoms with Crippen LogP contribution < -0.4 is 10.6 Å². The third kappa shape index (κ3) is 4.03. The Balaban J connectivity index is 1.47. The van der Waals surface area contributed by atoms with Crippen molar-refractivity contribution in [3.8, 4) is 0 Å². The number of aliphatic hydroxyl groups excluding tert-OH is 1. The molecular formula is C22H21BrN4O. The van der Waals surface area contributed by atoms with E-state index in [9.17, 15) is 5.11 Å². The Labute approximate surface area is 172 Å². The van der Waals surface area contributed by atoms with Crippen LogP contribution in [0, 0.1) is 0 Å². The Bertz CT molecular complexity index is 1080. The topological polar surface area (TPSA) is 73.0 Å². The van der Waals surface area contributed by atoms with E-state index in [4.69, 9.17) is 0 Å². The number of hydrogen-bond donors (Lipinski definition) is 4. The molecule has 0 saturated carbocycles. The third-order valence-electron chi connectivity index (χ3n) is 4.71. The summed E-state index contributed by atoms with van der Waals surface area (Å²) in [7, 11) is 0. The first-order chi connectivity index (χ1) is 13.7. The maximum Gasteiger partial charge on any atom is 0.0702 e. The molecule has 0 aliphatic rings. The lowest BCUT2D eigenvalue weighted by Crippen LogP contribution is -2.06. The molecule has 0 saturated heterocycles. The molecule has 2 heterocycles. The molecule has 0 bridgehead atoms. The smallest absolute Gasteiger partial charge is 0.0702 e. The average molecular weight is 437 g/mol. The molecule has 4 rings (SSSR count). The first-order valence-electron chi connectivity index (χ1n) is 9.14. The van der Waals surface area contributed by atoms with E-state index >= 15 is 0 Å². The number of aromatic nitrogens is 2. The minimum atomic E-state index is -0.0438. The Morgan fingerprint density at radius 1 is 1.00 bits per heavy atom. The van der Waals surface area contributed by atoms with Gasteiger partial charge in [-0.2, -0.15) is 0 Å². The highest BCUT2D eigenvalue weighted by molar-refractivity contribution is 9.10. The van der Waals surface area contributed by atoms with Crippen LogP contribution in [0.25, 0.3) is 10.9 Å². The van der Waals surface area contributed by atoms with E-state index in [2.05, 4.69) is 60.9 Å². The largest absolute Gasteiger partial charge is 0.392 e. The maximum absolute atomic E-state index is 9.81. The van der Waals surface area contributed by atoms with Crippen molar-refractivity contribution in [2.75, 3.05) is 17.2 Å². The number of nitrogens with zero attached hydrogens (tertiary/aromatic N) is 1. The Morgan fingerprint density at radius 3 is 2.64 bits per heavy atom. The standard InChI is InChI=1S/C22H21BrN4O/c23-19-12-21(27-17-6-8-24-9-7-17)16(14-28)11-22(19)25-10-5-15-13-26-20-4-2-1-3-18(15)20/h1-4,6-9,11-13,25-26,28H,5,10,14H2,(H,24,27). The highest BCUT2D eigenvalue weighted by Gasteiger charge is 2.09. The summed E-state index contributed by atoms with van der Waals surface area (Å²) in [5, 5.41) is 17.9. The number of nitrogens with one attached hydrogen (secondary N) is 3. The molecule has 4 aromatic rings. The number of benzene rings is 2. The quantitative estimate of drug-likeness (QED) is 0.320. The van der Waals surface area contributed by atoms with Gasteiger partial charge in [-0.3, -0.25) is 4.98 Å². The molecular weight excluding hydrogens is 416 g/mol. The van der Waals surface area contributed by atoms with Gasteiger partial charge >= 0.3 is 0 Å². The molecule has 28 heavy (non-hydrogen) atoms. The van der Waals surface area contributed by atoms with Crippen LogP contribution in [0.2, 0.25) is 0 Å². The zero-order valence-corrected chi connectivity index (χ0v) is 16.8. The van der Waals surface area contributed by atoms with Gasteiger partial charge in [0, 0.05) is 63.1 Å². The predicted molar refractivity (Wildman–Crippen MR) is 118 cm³/mol. The van der Waals surface area contributed by atoms with Crippen LogP contribution in [0.3, 0.4) is 0 Å². The lowest BCUT2D eigenvalue weighted by atomic mass is 10.1. The molecule has 0 unspecified atom stereocenters. The summed E-state index contributed by atoms with van der Waals surface area (Å²) < 4.78 is 0.945. The molecule has 142 valence electrons. The SMILES string of the molecule is OCc1cc(NCCc2c[nH]c3ccccc23)c(Br)cc1Nc1ccncc1. The average Bonchev–Trinajstić information content (AvgIpc) is 3.13. The van der Waals surface area contributed by atoms with Crippen molar-refractivity contribution in [1.82, 2.24) is 9.97 Å². The van der Waals surface area contributed by atoms with E-state index in [-0.39, 0.29) is 6.61 Å². The van der Waals surface area contributed by atoms with Crippen LogP contribution in [0.5, 0.6) is 0 Å². The third-order valence-corrected chi connectivity index (χ3v) is 5.36. The van der Waals surface area contributed by atoms with Gasteiger partial charge in [0.05, 0.1) is 6.61 Å². The summed E-state index contributed by atoms with van der Waals surface area (Å²) in [6.45, 7) is 0.750. The second-order valence-electron chi connectivity index (χ2n) is 6.54. The zero-order chi connectivity index (χ0) is 19.3. The van der Waals surface area contributed by atoms with Gasteiger partial charge in [0.1, 0.15) is 0 Å². The van der Waals surface area contributed by atoms with Crippen LogP contribution in [-0.2, 0) is 13.0 Å². The molecule has 0 fully saturated rings. The van der Waals surface area contributed by atoms with E-state index in [0.717, 1.165) is 45.6 Å². The second-order valence-corrected chi connectivity index (χ2v) is 7.40. The van der Waals surface area contributed by atoms with Gasteiger partial charge in [-0.25, -0.2) is 0 Å². The number of H-pyrrole nitrogens is 1. The summed E-state index contributed by atoms with van der Waals surface area (Å²) >= 11 is 3.64. The van der Waals surface area contributed by atoms with Gasteiger partial charge in [-0.05, 0) is 58.2 Å². The van der Waals surface area contributed by atoms with Gasteiger partial charge in [-0.1, -0.05) is 18.2 Å². The van der Waals surface area contributed by atoms with E-state index in [1.54, 1.807) is 12.4 Å². The van der Waals surface area contributed by atoms with Crippen LogP contribution in [-0.4, -0.2) is 21.6 Å². The minimum absolute atomic E-state index is 0.0438. The molecule has 2 aromatic heterocycles. The normalized spacial score (nSPS) is 10.9. The zero-order valence-electron chi connectivity index (χ0n) is 15.2. The number of anilines is 3. The Kier molecular flexibility index (Phi) is 5.60. The van der Waals surface area contributed by atoms with Gasteiger partial charge in [-0.15, -0.1) is 0 Å². The fourth-order valence-electron chi connectivity index (χ4n) is 3.26. The van der Waals surface area contributed by atoms with Crippen molar-refractivity contribution in [3.63, 3.8) is 0 Å². The molecule has 0 atom stereocenters. The fourth-order valence-corrected chi connectivity index (χ4v) is 3.75. The van der Waals surface area contributed by atoms with E-state index in [1.165, 1.54) is 10.9 Å². The van der Waals surface area contributed by atoms with Crippen molar-refractivity contribution in [3.05, 3.63) is 82.7 Å². The van der Waals surface area contributed by atoms with E-state index in [1.807, 2.05) is 30.3 Å². The monoisotopic (exact) mass is 436 g/mol. The number of para-hydroxylation sites is 1. The van der Waals surface area contributed by atoms with Crippen LogP contribution in [0.4, 0.5) is 17.1 Å². The van der Waals surface area contributed by atoms with Gasteiger partial charge in [0.2, 0.25) is 0 Å². The Morgan fingerprint density at radius 2 is 1.82 bits per heavy atom. The highest BCUT2D eigenvalue weighted by atomic mass is 79.9. The molecule has 0 amide bonds. The van der Waals surface area contributed by atoms with Crippen molar-refractivity contribution < 1.29 is 5.11 Å². The van der Waals surface area contributed by atoms with Crippen LogP contribution >= 0.6 is 15.9 Å². The first kappa shape index (κ1) is 18.5. The molecule has 0 aliphatic carbocycles. The number of fused-ring (bicyclic) bond motifs is 1.